The van der Waals surface area contributed by atoms with Gasteiger partial charge in [0.05, 0.1) is 33.3 Å². The summed E-state index contributed by atoms with van der Waals surface area (Å²) in [5, 5.41) is 27.7. The molecular weight excluding hydrogens is 649 g/mol. The molecule has 1 aliphatic rings. The molecule has 2 aromatic rings. The molecule has 0 amide bonds. The van der Waals surface area contributed by atoms with Gasteiger partial charge < -0.3 is 39.4 Å². The molecule has 0 bridgehead atoms. The predicted octanol–water partition coefficient (Wildman–Crippen LogP) is 2.47. The van der Waals surface area contributed by atoms with E-state index in [1.165, 1.54) is 38.8 Å². The molecule has 3 heterocycles. The van der Waals surface area contributed by atoms with E-state index >= 15 is 0 Å². The molecule has 0 aliphatic carbocycles. The summed E-state index contributed by atoms with van der Waals surface area (Å²) < 4.78 is 43.3. The summed E-state index contributed by atoms with van der Waals surface area (Å²) >= 11 is 0. The summed E-state index contributed by atoms with van der Waals surface area (Å²) in [5.41, 5.74) is 4.17. The Morgan fingerprint density at radius 1 is 1.06 bits per heavy atom. The van der Waals surface area contributed by atoms with E-state index in [2.05, 4.69) is 25.1 Å². The number of nitrogens with one attached hydrogen (secondary N) is 2. The van der Waals surface area contributed by atoms with Crippen molar-refractivity contribution < 1.29 is 47.8 Å². The van der Waals surface area contributed by atoms with Crippen molar-refractivity contribution >= 4 is 36.7 Å². The van der Waals surface area contributed by atoms with E-state index in [1.54, 1.807) is 0 Å². The number of anilines is 1. The number of carbonyl (C=O) groups is 2. The van der Waals surface area contributed by atoms with E-state index in [9.17, 15) is 24.4 Å². The Labute approximate surface area is 281 Å². The molecule has 0 radical (unpaired) electrons. The van der Waals surface area contributed by atoms with Crippen LogP contribution in [0, 0.1) is 10.8 Å². The number of aromatic nitrogens is 4. The lowest BCUT2D eigenvalue weighted by molar-refractivity contribution is -0.146. The lowest BCUT2D eigenvalue weighted by Gasteiger charge is -2.28. The molecule has 3 rings (SSSR count). The van der Waals surface area contributed by atoms with Crippen LogP contribution >= 0.6 is 7.67 Å². The fourth-order valence-corrected chi connectivity index (χ4v) is 6.48. The fourth-order valence-electron chi connectivity index (χ4n) is 4.67. The standard InChI is InChI=1S/C30H52N7O10P/c1-17(24(39)44-13-11-28(3,4)5)35-48(42,36-18(2)25(40)45-14-12-29(6,7)8)46-15-19-21(38)30(9,41)26(47-19)37-16-32-20-22(37)33-27(31)34-23(20)43-10/h16-19,21,26,38,41H,11-15H2,1-10H3,(H2,31,33,34)(H2,35,36,42). The molecule has 6 N–H and O–H groups in total. The zero-order valence-corrected chi connectivity index (χ0v) is 30.4. The van der Waals surface area contributed by atoms with Gasteiger partial charge in [-0.05, 0) is 44.4 Å². The van der Waals surface area contributed by atoms with Gasteiger partial charge in [-0.2, -0.15) is 9.97 Å². The first kappa shape index (κ1) is 39.5. The van der Waals surface area contributed by atoms with Gasteiger partial charge in [0.15, 0.2) is 17.4 Å². The minimum absolute atomic E-state index is 0.0739. The van der Waals surface area contributed by atoms with Crippen LogP contribution in [-0.2, 0) is 32.9 Å². The first-order chi connectivity index (χ1) is 22.1. The summed E-state index contributed by atoms with van der Waals surface area (Å²) in [6.45, 7) is 16.0. The second-order valence-electron chi connectivity index (χ2n) is 14.6. The minimum atomic E-state index is -4.27. The SMILES string of the molecule is COc1nc(N)nc2c1ncn2C1OC(COP(=O)(NC(C)C(=O)OCCC(C)(C)C)NC(C)C(=O)OCCC(C)(C)C)C(O)C1(C)O. The lowest BCUT2D eigenvalue weighted by atomic mass is 9.93. The number of methoxy groups -OCH3 is 1. The van der Waals surface area contributed by atoms with Gasteiger partial charge >= 0.3 is 19.6 Å². The number of fused-ring (bicyclic) bond motifs is 1. The number of aliphatic hydroxyl groups is 2. The molecule has 48 heavy (non-hydrogen) atoms. The highest BCUT2D eigenvalue weighted by Crippen LogP contribution is 2.44. The molecule has 272 valence electrons. The Morgan fingerprint density at radius 2 is 1.58 bits per heavy atom. The van der Waals surface area contributed by atoms with Crippen LogP contribution in [0.25, 0.3) is 11.2 Å². The maximum absolute atomic E-state index is 14.2. The molecule has 6 unspecified atom stereocenters. The summed E-state index contributed by atoms with van der Waals surface area (Å²) in [5.74, 6) is -1.39. The third kappa shape index (κ3) is 10.3. The second-order valence-corrected chi connectivity index (χ2v) is 16.5. The topological polar surface area (TPSA) is 231 Å². The van der Waals surface area contributed by atoms with Crippen LogP contribution < -0.4 is 20.6 Å². The summed E-state index contributed by atoms with van der Waals surface area (Å²) in [6, 6.07) is -2.26. The van der Waals surface area contributed by atoms with E-state index < -0.39 is 62.3 Å². The molecule has 1 fully saturated rings. The molecule has 1 aliphatic heterocycles. The zero-order valence-electron chi connectivity index (χ0n) is 29.5. The number of rotatable bonds is 15. The van der Waals surface area contributed by atoms with E-state index in [1.807, 2.05) is 41.5 Å². The molecule has 17 nitrogen and oxygen atoms in total. The van der Waals surface area contributed by atoms with E-state index in [-0.39, 0.29) is 47.0 Å². The Hall–Kier alpha value is -2.92. The number of carbonyl (C=O) groups excluding carboxylic acids is 2. The summed E-state index contributed by atoms with van der Waals surface area (Å²) in [6.07, 6.45) is -1.53. The van der Waals surface area contributed by atoms with Crippen LogP contribution in [0.15, 0.2) is 6.33 Å². The second kappa shape index (κ2) is 15.3. The molecule has 0 aromatic carbocycles. The molecule has 18 heteroatoms. The molecule has 0 saturated carbocycles. The van der Waals surface area contributed by atoms with Crippen LogP contribution in [0.3, 0.4) is 0 Å². The van der Waals surface area contributed by atoms with Gasteiger partial charge in [0.1, 0.15) is 29.9 Å². The maximum Gasteiger partial charge on any atom is 0.342 e. The number of esters is 2. The predicted molar refractivity (Wildman–Crippen MR) is 176 cm³/mol. The third-order valence-corrected chi connectivity index (χ3v) is 9.62. The smallest absolute Gasteiger partial charge is 0.342 e. The first-order valence-corrected chi connectivity index (χ1v) is 17.4. The maximum atomic E-state index is 14.2. The first-order valence-electron chi connectivity index (χ1n) is 15.8. The van der Waals surface area contributed by atoms with Gasteiger partial charge in [-0.1, -0.05) is 41.5 Å². The highest BCUT2D eigenvalue weighted by molar-refractivity contribution is 7.54. The van der Waals surface area contributed by atoms with E-state index in [4.69, 9.17) is 29.2 Å². The number of ether oxygens (including phenoxy) is 4. The minimum Gasteiger partial charge on any atom is -0.479 e. The number of nitrogens with zero attached hydrogens (tertiary/aromatic N) is 4. The average Bonchev–Trinajstić information content (AvgIpc) is 3.47. The fraction of sp³-hybridized carbons (Fsp3) is 0.767. The number of aliphatic hydroxyl groups excluding tert-OH is 1. The average molecular weight is 702 g/mol. The summed E-state index contributed by atoms with van der Waals surface area (Å²) in [7, 11) is -2.89. The normalized spacial score (nSPS) is 24.2. The lowest BCUT2D eigenvalue weighted by Crippen LogP contribution is -2.45. The van der Waals surface area contributed by atoms with Crippen LogP contribution in [0.2, 0.25) is 0 Å². The quantitative estimate of drug-likeness (QED) is 0.133. The van der Waals surface area contributed by atoms with Crippen molar-refractivity contribution in [3.05, 3.63) is 6.33 Å². The largest absolute Gasteiger partial charge is 0.479 e. The van der Waals surface area contributed by atoms with Crippen LogP contribution in [0.1, 0.15) is 81.4 Å². The molecule has 0 spiro atoms. The number of nitrogens with two attached hydrogens (primary N) is 1. The van der Waals surface area contributed by atoms with Gasteiger partial charge in [0.2, 0.25) is 11.8 Å². The number of imidazole rings is 1. The zero-order chi connectivity index (χ0) is 36.2. The van der Waals surface area contributed by atoms with Gasteiger partial charge in [-0.3, -0.25) is 18.7 Å². The van der Waals surface area contributed by atoms with Crippen molar-refractivity contribution in [1.82, 2.24) is 29.7 Å². The monoisotopic (exact) mass is 701 g/mol. The van der Waals surface area contributed by atoms with Crippen LogP contribution in [-0.4, -0.2) is 98.5 Å². The van der Waals surface area contributed by atoms with Crippen molar-refractivity contribution in [2.45, 2.75) is 111 Å². The van der Waals surface area contributed by atoms with E-state index in [0.29, 0.717) is 12.8 Å². The van der Waals surface area contributed by atoms with Crippen molar-refractivity contribution in [3.8, 4) is 5.88 Å². The van der Waals surface area contributed by atoms with Gasteiger partial charge in [-0.15, -0.1) is 0 Å². The van der Waals surface area contributed by atoms with Gasteiger partial charge in [0, 0.05) is 0 Å². The summed E-state index contributed by atoms with van der Waals surface area (Å²) in [4.78, 5) is 38.0. The van der Waals surface area contributed by atoms with Crippen LogP contribution in [0.5, 0.6) is 5.88 Å². The third-order valence-electron chi connectivity index (χ3n) is 7.66. The highest BCUT2D eigenvalue weighted by Gasteiger charge is 2.54. The Morgan fingerprint density at radius 3 is 2.06 bits per heavy atom. The number of hydrogen-bond acceptors (Lipinski definition) is 14. The Kier molecular flexibility index (Phi) is 12.6. The number of nitrogen functional groups attached to an aromatic ring is 1. The Balaban J connectivity index is 1.80. The van der Waals surface area contributed by atoms with Gasteiger partial charge in [0.25, 0.3) is 0 Å². The highest BCUT2D eigenvalue weighted by atomic mass is 31.2. The molecular formula is C30H52N7O10P. The van der Waals surface area contributed by atoms with Crippen molar-refractivity contribution in [2.75, 3.05) is 32.7 Å². The van der Waals surface area contributed by atoms with Crippen molar-refractivity contribution in [1.29, 1.82) is 0 Å². The van der Waals surface area contributed by atoms with E-state index in [0.717, 1.165) is 0 Å². The van der Waals surface area contributed by atoms with Crippen LogP contribution in [0.4, 0.5) is 5.95 Å². The molecule has 1 saturated heterocycles. The van der Waals surface area contributed by atoms with Crippen molar-refractivity contribution in [3.63, 3.8) is 0 Å². The van der Waals surface area contributed by atoms with Crippen molar-refractivity contribution in [2.24, 2.45) is 10.8 Å². The Bertz CT molecular complexity index is 1430. The molecule has 2 aromatic heterocycles. The number of hydrogen-bond donors (Lipinski definition) is 5. The molecule has 6 atom stereocenters. The van der Waals surface area contributed by atoms with Gasteiger partial charge in [-0.25, -0.2) is 15.2 Å².